The zero-order valence-corrected chi connectivity index (χ0v) is 11.0. The van der Waals surface area contributed by atoms with Gasteiger partial charge >= 0.3 is 5.97 Å². The molecule has 1 rings (SSSR count). The molecule has 3 nitrogen and oxygen atoms in total. The van der Waals surface area contributed by atoms with Gasteiger partial charge in [0.05, 0.1) is 12.2 Å². The highest BCUT2D eigenvalue weighted by molar-refractivity contribution is 5.89. The Bertz CT molecular complexity index is 422. The standard InChI is InChI=1S/C14H19FO3/c1-14(2,3)6-7-18-9-10-8-11(15)4-5-12(10)13(16)17/h4-5,8H,6-7,9H2,1-3H3,(H,16,17). The Hall–Kier alpha value is -1.42. The van der Waals surface area contributed by atoms with E-state index in [2.05, 4.69) is 20.8 Å². The molecule has 0 aliphatic heterocycles. The molecule has 0 unspecified atom stereocenters. The average Bonchev–Trinajstić information content (AvgIpc) is 2.22. The Morgan fingerprint density at radius 2 is 2.06 bits per heavy atom. The van der Waals surface area contributed by atoms with Crippen molar-refractivity contribution in [1.29, 1.82) is 0 Å². The second kappa shape index (κ2) is 5.96. The molecule has 100 valence electrons. The van der Waals surface area contributed by atoms with E-state index in [-0.39, 0.29) is 17.6 Å². The lowest BCUT2D eigenvalue weighted by Crippen LogP contribution is -2.11. The van der Waals surface area contributed by atoms with Crippen molar-refractivity contribution in [2.24, 2.45) is 5.41 Å². The number of aromatic carboxylic acids is 1. The molecule has 0 amide bonds. The molecule has 0 aromatic heterocycles. The van der Waals surface area contributed by atoms with Crippen LogP contribution in [0.3, 0.4) is 0 Å². The summed E-state index contributed by atoms with van der Waals surface area (Å²) in [6.45, 7) is 6.94. The topological polar surface area (TPSA) is 46.5 Å². The van der Waals surface area contributed by atoms with Gasteiger partial charge in [0.25, 0.3) is 0 Å². The molecule has 0 fully saturated rings. The van der Waals surface area contributed by atoms with Crippen LogP contribution in [0.5, 0.6) is 0 Å². The molecule has 1 N–H and O–H groups in total. The summed E-state index contributed by atoms with van der Waals surface area (Å²) < 4.78 is 18.5. The summed E-state index contributed by atoms with van der Waals surface area (Å²) in [5, 5.41) is 8.96. The Morgan fingerprint density at radius 3 is 2.61 bits per heavy atom. The number of carboxylic acid groups (broad SMARTS) is 1. The zero-order valence-electron chi connectivity index (χ0n) is 11.0. The normalized spacial score (nSPS) is 11.6. The molecule has 4 heteroatoms. The predicted octanol–water partition coefficient (Wildman–Crippen LogP) is 3.48. The molecular formula is C14H19FO3. The maximum Gasteiger partial charge on any atom is 0.336 e. The van der Waals surface area contributed by atoms with E-state index < -0.39 is 11.8 Å². The fourth-order valence-electron chi connectivity index (χ4n) is 1.45. The molecule has 0 spiro atoms. The second-order valence-corrected chi connectivity index (χ2v) is 5.47. The molecule has 0 radical (unpaired) electrons. The van der Waals surface area contributed by atoms with Crippen molar-refractivity contribution >= 4 is 5.97 Å². The minimum absolute atomic E-state index is 0.0900. The lowest BCUT2D eigenvalue weighted by Gasteiger charge is -2.17. The van der Waals surface area contributed by atoms with E-state index in [1.807, 2.05) is 0 Å². The molecule has 1 aromatic carbocycles. The lowest BCUT2D eigenvalue weighted by molar-refractivity contribution is 0.0680. The zero-order chi connectivity index (χ0) is 13.8. The van der Waals surface area contributed by atoms with Crippen LogP contribution in [-0.4, -0.2) is 17.7 Å². The maximum atomic E-state index is 13.1. The van der Waals surface area contributed by atoms with E-state index in [1.54, 1.807) is 0 Å². The molecule has 0 aliphatic rings. The molecule has 0 bridgehead atoms. The fourth-order valence-corrected chi connectivity index (χ4v) is 1.45. The van der Waals surface area contributed by atoms with Gasteiger partial charge in [-0.15, -0.1) is 0 Å². The Balaban J connectivity index is 2.61. The molecule has 0 heterocycles. The SMILES string of the molecule is CC(C)(C)CCOCc1cc(F)ccc1C(=O)O. The van der Waals surface area contributed by atoms with Crippen molar-refractivity contribution in [2.75, 3.05) is 6.61 Å². The third-order valence-electron chi connectivity index (χ3n) is 2.55. The van der Waals surface area contributed by atoms with E-state index >= 15 is 0 Å². The number of ether oxygens (including phenoxy) is 1. The quantitative estimate of drug-likeness (QED) is 0.818. The molecule has 0 aliphatic carbocycles. The van der Waals surface area contributed by atoms with Crippen molar-refractivity contribution < 1.29 is 19.0 Å². The minimum atomic E-state index is -1.07. The highest BCUT2D eigenvalue weighted by Gasteiger charge is 2.12. The summed E-state index contributed by atoms with van der Waals surface area (Å²) in [6.07, 6.45) is 0.866. The largest absolute Gasteiger partial charge is 0.478 e. The Morgan fingerprint density at radius 1 is 1.39 bits per heavy atom. The summed E-state index contributed by atoms with van der Waals surface area (Å²) in [6, 6.07) is 3.61. The van der Waals surface area contributed by atoms with Crippen LogP contribution in [0.4, 0.5) is 4.39 Å². The molecule has 1 aromatic rings. The first-order valence-corrected chi connectivity index (χ1v) is 5.89. The van der Waals surface area contributed by atoms with Gasteiger partial charge in [0.15, 0.2) is 0 Å². The van der Waals surface area contributed by atoms with Gasteiger partial charge in [-0.2, -0.15) is 0 Å². The Labute approximate surface area is 107 Å². The highest BCUT2D eigenvalue weighted by Crippen LogP contribution is 2.19. The van der Waals surface area contributed by atoms with Gasteiger partial charge in [0, 0.05) is 6.61 Å². The van der Waals surface area contributed by atoms with Crippen molar-refractivity contribution in [3.63, 3.8) is 0 Å². The fraction of sp³-hybridized carbons (Fsp3) is 0.500. The predicted molar refractivity (Wildman–Crippen MR) is 67.1 cm³/mol. The second-order valence-electron chi connectivity index (χ2n) is 5.47. The van der Waals surface area contributed by atoms with Crippen LogP contribution in [0, 0.1) is 11.2 Å². The number of benzene rings is 1. The van der Waals surface area contributed by atoms with E-state index in [4.69, 9.17) is 9.84 Å². The van der Waals surface area contributed by atoms with Gasteiger partial charge in [-0.1, -0.05) is 20.8 Å². The van der Waals surface area contributed by atoms with Crippen LogP contribution in [0.1, 0.15) is 43.1 Å². The first-order chi connectivity index (χ1) is 8.29. The lowest BCUT2D eigenvalue weighted by atomic mass is 9.93. The minimum Gasteiger partial charge on any atom is -0.478 e. The molecule has 18 heavy (non-hydrogen) atoms. The number of hydrogen-bond acceptors (Lipinski definition) is 2. The highest BCUT2D eigenvalue weighted by atomic mass is 19.1. The van der Waals surface area contributed by atoms with Crippen molar-refractivity contribution in [3.8, 4) is 0 Å². The summed E-state index contributed by atoms with van der Waals surface area (Å²) in [4.78, 5) is 10.9. The monoisotopic (exact) mass is 254 g/mol. The molecule has 0 saturated heterocycles. The van der Waals surface area contributed by atoms with Gasteiger partial charge in [0.2, 0.25) is 0 Å². The third-order valence-corrected chi connectivity index (χ3v) is 2.55. The number of carbonyl (C=O) groups is 1. The maximum absolute atomic E-state index is 13.1. The van der Waals surface area contributed by atoms with E-state index in [0.29, 0.717) is 12.2 Å². The smallest absolute Gasteiger partial charge is 0.336 e. The van der Waals surface area contributed by atoms with Gasteiger partial charge in [0.1, 0.15) is 5.82 Å². The van der Waals surface area contributed by atoms with Gasteiger partial charge in [-0.05, 0) is 35.6 Å². The third kappa shape index (κ3) is 4.84. The van der Waals surface area contributed by atoms with Crippen LogP contribution < -0.4 is 0 Å². The molecular weight excluding hydrogens is 235 g/mol. The summed E-state index contributed by atoms with van der Waals surface area (Å²) in [5.74, 6) is -1.51. The molecule has 0 atom stereocenters. The first kappa shape index (κ1) is 14.6. The number of hydrogen-bond donors (Lipinski definition) is 1. The van der Waals surface area contributed by atoms with Crippen LogP contribution in [-0.2, 0) is 11.3 Å². The molecule has 0 saturated carbocycles. The van der Waals surface area contributed by atoms with E-state index in [1.165, 1.54) is 12.1 Å². The number of rotatable bonds is 5. The van der Waals surface area contributed by atoms with Crippen LogP contribution in [0.15, 0.2) is 18.2 Å². The van der Waals surface area contributed by atoms with Gasteiger partial charge < -0.3 is 9.84 Å². The summed E-state index contributed by atoms with van der Waals surface area (Å²) in [5.41, 5.74) is 0.626. The van der Waals surface area contributed by atoms with Crippen molar-refractivity contribution in [2.45, 2.75) is 33.8 Å². The number of carboxylic acids is 1. The summed E-state index contributed by atoms with van der Waals surface area (Å²) in [7, 11) is 0. The van der Waals surface area contributed by atoms with E-state index in [0.717, 1.165) is 12.5 Å². The summed E-state index contributed by atoms with van der Waals surface area (Å²) >= 11 is 0. The van der Waals surface area contributed by atoms with Crippen molar-refractivity contribution in [1.82, 2.24) is 0 Å². The van der Waals surface area contributed by atoms with Crippen LogP contribution in [0.25, 0.3) is 0 Å². The number of halogens is 1. The first-order valence-electron chi connectivity index (χ1n) is 5.89. The van der Waals surface area contributed by atoms with Crippen LogP contribution in [0.2, 0.25) is 0 Å². The Kier molecular flexibility index (Phi) is 4.84. The van der Waals surface area contributed by atoms with E-state index in [9.17, 15) is 9.18 Å². The van der Waals surface area contributed by atoms with Crippen LogP contribution >= 0.6 is 0 Å². The van der Waals surface area contributed by atoms with Gasteiger partial charge in [-0.25, -0.2) is 9.18 Å². The average molecular weight is 254 g/mol. The van der Waals surface area contributed by atoms with Crippen molar-refractivity contribution in [3.05, 3.63) is 35.1 Å². The van der Waals surface area contributed by atoms with Gasteiger partial charge in [-0.3, -0.25) is 0 Å².